The van der Waals surface area contributed by atoms with Crippen LogP contribution in [0.2, 0.25) is 0 Å². The van der Waals surface area contributed by atoms with E-state index in [4.69, 9.17) is 0 Å². The Hall–Kier alpha value is -6.04. The van der Waals surface area contributed by atoms with Gasteiger partial charge in [-0.2, -0.15) is 0 Å². The smallest absolute Gasteiger partial charge is 0.264 e. The third-order valence-corrected chi connectivity index (χ3v) is 18.9. The highest BCUT2D eigenvalue weighted by atomic mass is 32.1. The molecule has 0 amide bonds. The average Bonchev–Trinajstić information content (AvgIpc) is 3.89. The van der Waals surface area contributed by atoms with E-state index in [2.05, 4.69) is 286 Å². The third-order valence-electron chi connectivity index (χ3n) is 17.7. The number of rotatable bonds is 5. The molecule has 0 radical (unpaired) electrons. The van der Waals surface area contributed by atoms with Gasteiger partial charge in [0.25, 0.3) is 6.71 Å². The average molecular weight is 1030 g/mol. The fourth-order valence-corrected chi connectivity index (χ4v) is 13.8. The molecule has 0 saturated carbocycles. The van der Waals surface area contributed by atoms with E-state index in [9.17, 15) is 0 Å². The SMILES string of the molecule is CC(C)(C)c1ccc(N(c2ccc(C(C)(C)C)cc2)c2ccc3c(c2)N(c2ccc4c(c2)C(C)(C)CCC4(C)C)c2cc(C(C)(C)C)cc4c2B3c2sc3ccc(C(C)(C)C)cc3c2N4c2ccc(C(C)(C)C)cc2)cc1. The summed E-state index contributed by atoms with van der Waals surface area (Å²) in [5, 5.41) is 1.33. The Bertz CT molecular complexity index is 3540. The predicted molar refractivity (Wildman–Crippen MR) is 339 cm³/mol. The lowest BCUT2D eigenvalue weighted by Gasteiger charge is -2.46. The molecule has 11 rings (SSSR count). The van der Waals surface area contributed by atoms with Crippen molar-refractivity contribution in [2.24, 2.45) is 0 Å². The van der Waals surface area contributed by atoms with Gasteiger partial charge in [0, 0.05) is 60.4 Å². The molecule has 0 atom stereocenters. The highest BCUT2D eigenvalue weighted by Gasteiger charge is 2.47. The summed E-state index contributed by atoms with van der Waals surface area (Å²) in [4.78, 5) is 7.84. The summed E-state index contributed by atoms with van der Waals surface area (Å²) >= 11 is 1.99. The number of hydrogen-bond donors (Lipinski definition) is 0. The lowest BCUT2D eigenvalue weighted by Crippen LogP contribution is -2.60. The summed E-state index contributed by atoms with van der Waals surface area (Å²) in [7, 11) is 0. The zero-order valence-corrected chi connectivity index (χ0v) is 50.8. The third kappa shape index (κ3) is 9.15. The van der Waals surface area contributed by atoms with Crippen molar-refractivity contribution < 1.29 is 0 Å². The van der Waals surface area contributed by atoms with Crippen molar-refractivity contribution in [3.8, 4) is 0 Å². The monoisotopic (exact) mass is 1030 g/mol. The van der Waals surface area contributed by atoms with Crippen LogP contribution in [0.3, 0.4) is 0 Å². The van der Waals surface area contributed by atoms with E-state index in [-0.39, 0.29) is 44.6 Å². The lowest BCUT2D eigenvalue weighted by atomic mass is 9.36. The van der Waals surface area contributed by atoms with Crippen LogP contribution in [-0.2, 0) is 37.9 Å². The summed E-state index contributed by atoms with van der Waals surface area (Å²) in [6.45, 7) is 44.8. The molecule has 0 N–H and O–H groups in total. The summed E-state index contributed by atoms with van der Waals surface area (Å²) in [6.07, 6.45) is 2.33. The molecule has 2 aliphatic heterocycles. The zero-order valence-electron chi connectivity index (χ0n) is 50.0. The fourth-order valence-electron chi connectivity index (χ4n) is 12.5. The number of nitrogens with zero attached hydrogens (tertiary/aromatic N) is 3. The number of thiophene rings is 1. The number of benzene rings is 7. The molecule has 0 bridgehead atoms. The van der Waals surface area contributed by atoms with Crippen molar-refractivity contribution in [3.05, 3.63) is 178 Å². The maximum Gasteiger partial charge on any atom is 0.264 e. The molecule has 3 nitrogen and oxygen atoms in total. The molecule has 0 fully saturated rings. The molecule has 1 aliphatic carbocycles. The topological polar surface area (TPSA) is 9.72 Å². The van der Waals surface area contributed by atoms with E-state index in [1.807, 2.05) is 11.3 Å². The largest absolute Gasteiger partial charge is 0.311 e. The zero-order chi connectivity index (χ0) is 55.3. The Kier molecular flexibility index (Phi) is 12.2. The van der Waals surface area contributed by atoms with E-state index in [0.717, 1.165) is 23.5 Å². The van der Waals surface area contributed by atoms with Crippen LogP contribution in [0.1, 0.15) is 183 Å². The Morgan fingerprint density at radius 3 is 1.39 bits per heavy atom. The lowest BCUT2D eigenvalue weighted by molar-refractivity contribution is 0.332. The second kappa shape index (κ2) is 17.7. The predicted octanol–water partition coefficient (Wildman–Crippen LogP) is 19.3. The molecule has 0 unspecified atom stereocenters. The molecule has 0 spiro atoms. The summed E-state index contributed by atoms with van der Waals surface area (Å²) in [6, 6.07) is 55.6. The molecule has 396 valence electrons. The fraction of sp³-hybridized carbons (Fsp3) is 0.389. The Balaban J connectivity index is 1.25. The molecule has 8 aromatic rings. The minimum atomic E-state index is -0.149. The standard InChI is InChI=1S/C72H84BN3S/c1-66(2,3)45-20-27-50(28-21-45)74(51-29-22-46(23-30-51)67(4,5)6)54-34-36-58-59(44-54)75(53-33-35-56-57(43-53)72(18,19)39-38-71(56,16)17)60-41-49(70(13,14)15)42-61-63(60)73(58)65-64(55-40-48(69(10,11)12)26-37-62(55)77-65)76(61)52-31-24-47(25-32-52)68(7,8)9/h20-37,40-44H,38-39H2,1-19H3. The normalized spacial score (nSPS) is 16.0. The van der Waals surface area contributed by atoms with Crippen molar-refractivity contribution in [2.75, 3.05) is 14.7 Å². The first kappa shape index (κ1) is 53.0. The number of fused-ring (bicyclic) bond motifs is 7. The van der Waals surface area contributed by atoms with E-state index < -0.39 is 0 Å². The molecular formula is C72H84BN3S. The Morgan fingerprint density at radius 2 is 0.870 bits per heavy atom. The Labute approximate surface area is 467 Å². The van der Waals surface area contributed by atoms with Gasteiger partial charge in [0.1, 0.15) is 0 Å². The maximum absolute atomic E-state index is 2.68. The highest BCUT2D eigenvalue weighted by molar-refractivity contribution is 7.33. The van der Waals surface area contributed by atoms with Crippen molar-refractivity contribution in [1.82, 2.24) is 0 Å². The highest BCUT2D eigenvalue weighted by Crippen LogP contribution is 2.53. The number of anilines is 9. The van der Waals surface area contributed by atoms with Gasteiger partial charge in [-0.25, -0.2) is 0 Å². The van der Waals surface area contributed by atoms with Crippen molar-refractivity contribution in [2.45, 2.75) is 182 Å². The van der Waals surface area contributed by atoms with Crippen LogP contribution in [-0.4, -0.2) is 6.71 Å². The number of hydrogen-bond acceptors (Lipinski definition) is 4. The van der Waals surface area contributed by atoms with Gasteiger partial charge in [-0.3, -0.25) is 0 Å². The minimum Gasteiger partial charge on any atom is -0.311 e. The first-order chi connectivity index (χ1) is 35.8. The molecule has 3 aliphatic rings. The van der Waals surface area contributed by atoms with Gasteiger partial charge in [0.05, 0.1) is 5.69 Å². The molecular weight excluding hydrogens is 950 g/mol. The van der Waals surface area contributed by atoms with Crippen LogP contribution in [0.4, 0.5) is 51.2 Å². The van der Waals surface area contributed by atoms with Crippen molar-refractivity contribution in [3.63, 3.8) is 0 Å². The van der Waals surface area contributed by atoms with Crippen LogP contribution in [0.25, 0.3) is 10.1 Å². The van der Waals surface area contributed by atoms with Crippen LogP contribution in [0.15, 0.2) is 140 Å². The molecule has 0 saturated heterocycles. The van der Waals surface area contributed by atoms with Gasteiger partial charge in [-0.05, 0) is 186 Å². The first-order valence-corrected chi connectivity index (χ1v) is 29.4. The van der Waals surface area contributed by atoms with Crippen LogP contribution >= 0.6 is 11.3 Å². The van der Waals surface area contributed by atoms with Gasteiger partial charge in [0.2, 0.25) is 0 Å². The summed E-state index contributed by atoms with van der Waals surface area (Å²) in [5.74, 6) is 0. The second-order valence-corrected chi connectivity index (χ2v) is 30.6. The van der Waals surface area contributed by atoms with Gasteiger partial charge in [0.15, 0.2) is 0 Å². The maximum atomic E-state index is 2.68. The van der Waals surface area contributed by atoms with Crippen LogP contribution in [0, 0.1) is 0 Å². The van der Waals surface area contributed by atoms with Gasteiger partial charge in [-0.15, -0.1) is 11.3 Å². The second-order valence-electron chi connectivity index (χ2n) is 29.5. The molecule has 1 aromatic heterocycles. The Morgan fingerprint density at radius 1 is 0.416 bits per heavy atom. The van der Waals surface area contributed by atoms with Crippen molar-refractivity contribution >= 4 is 95.0 Å². The first-order valence-electron chi connectivity index (χ1n) is 28.6. The van der Waals surface area contributed by atoms with Gasteiger partial charge in [-0.1, -0.05) is 186 Å². The molecule has 7 aromatic carbocycles. The molecule has 5 heteroatoms. The van der Waals surface area contributed by atoms with E-state index in [1.165, 1.54) is 105 Å². The van der Waals surface area contributed by atoms with Crippen molar-refractivity contribution in [1.29, 1.82) is 0 Å². The van der Waals surface area contributed by atoms with E-state index in [0.29, 0.717) is 0 Å². The minimum absolute atomic E-state index is 0.0107. The molecule has 3 heterocycles. The van der Waals surface area contributed by atoms with Crippen LogP contribution < -0.4 is 30.4 Å². The quantitative estimate of drug-likeness (QED) is 0.159. The van der Waals surface area contributed by atoms with E-state index in [1.54, 1.807) is 0 Å². The summed E-state index contributed by atoms with van der Waals surface area (Å²) < 4.78 is 2.73. The van der Waals surface area contributed by atoms with E-state index >= 15 is 0 Å². The van der Waals surface area contributed by atoms with Gasteiger partial charge >= 0.3 is 0 Å². The summed E-state index contributed by atoms with van der Waals surface area (Å²) in [5.41, 5.74) is 23.3. The molecule has 77 heavy (non-hydrogen) atoms. The van der Waals surface area contributed by atoms with Crippen LogP contribution in [0.5, 0.6) is 0 Å². The van der Waals surface area contributed by atoms with Gasteiger partial charge < -0.3 is 14.7 Å².